The topological polar surface area (TPSA) is 62.4 Å². The maximum atomic E-state index is 9.37. The number of aliphatic hydroxyl groups is 1. The number of aliphatic hydroxyl groups excluding tert-OH is 1. The van der Waals surface area contributed by atoms with Crippen LogP contribution in [0.15, 0.2) is 18.3 Å². The second-order valence-corrected chi connectivity index (χ2v) is 3.62. The molecule has 0 unspecified atom stereocenters. The Kier molecular flexibility index (Phi) is 2.65. The number of hydrogen-bond donors (Lipinski definition) is 2. The van der Waals surface area contributed by atoms with E-state index in [1.165, 1.54) is 0 Å². The molecule has 4 heteroatoms. The molecule has 1 aromatic rings. The molecule has 76 valence electrons. The van der Waals surface area contributed by atoms with Crippen molar-refractivity contribution in [3.8, 4) is 0 Å². The predicted molar refractivity (Wildman–Crippen MR) is 55.0 cm³/mol. The number of hydrogen-bond acceptors (Lipinski definition) is 4. The summed E-state index contributed by atoms with van der Waals surface area (Å²) in [7, 11) is 0. The summed E-state index contributed by atoms with van der Waals surface area (Å²) in [5.41, 5.74) is 6.52. The molecule has 2 heterocycles. The number of pyridine rings is 1. The van der Waals surface area contributed by atoms with Gasteiger partial charge >= 0.3 is 0 Å². The van der Waals surface area contributed by atoms with Crippen molar-refractivity contribution in [3.05, 3.63) is 23.9 Å². The van der Waals surface area contributed by atoms with Crippen molar-refractivity contribution in [2.24, 2.45) is 5.73 Å². The van der Waals surface area contributed by atoms with Crippen molar-refractivity contribution in [2.75, 3.05) is 18.0 Å². The lowest BCUT2D eigenvalue weighted by molar-refractivity contribution is 0.198. The minimum atomic E-state index is -0.203. The maximum Gasteiger partial charge on any atom is 0.128 e. The van der Waals surface area contributed by atoms with Gasteiger partial charge in [-0.15, -0.1) is 0 Å². The summed E-state index contributed by atoms with van der Waals surface area (Å²) < 4.78 is 0. The van der Waals surface area contributed by atoms with E-state index in [0.29, 0.717) is 13.1 Å². The molecule has 0 aromatic carbocycles. The zero-order valence-electron chi connectivity index (χ0n) is 8.06. The predicted octanol–water partition coefficient (Wildman–Crippen LogP) is 0.111. The first-order chi connectivity index (χ1) is 6.79. The lowest BCUT2D eigenvalue weighted by atomic mass is 10.3. The van der Waals surface area contributed by atoms with E-state index in [9.17, 15) is 5.11 Å². The van der Waals surface area contributed by atoms with Crippen LogP contribution in [0, 0.1) is 0 Å². The summed E-state index contributed by atoms with van der Waals surface area (Å²) in [6, 6.07) is 3.94. The Morgan fingerprint density at radius 2 is 2.43 bits per heavy atom. The van der Waals surface area contributed by atoms with Crippen LogP contribution in [0.25, 0.3) is 0 Å². The minimum Gasteiger partial charge on any atom is -0.391 e. The molecule has 0 radical (unpaired) electrons. The molecule has 0 bridgehead atoms. The highest BCUT2D eigenvalue weighted by Gasteiger charge is 2.20. The van der Waals surface area contributed by atoms with Gasteiger partial charge in [-0.3, -0.25) is 0 Å². The summed E-state index contributed by atoms with van der Waals surface area (Å²) in [5, 5.41) is 9.37. The summed E-state index contributed by atoms with van der Waals surface area (Å²) in [4.78, 5) is 6.39. The Morgan fingerprint density at radius 1 is 1.57 bits per heavy atom. The number of rotatable bonds is 2. The lowest BCUT2D eigenvalue weighted by Crippen LogP contribution is -2.22. The van der Waals surface area contributed by atoms with Gasteiger partial charge in [0.1, 0.15) is 5.82 Å². The van der Waals surface area contributed by atoms with Gasteiger partial charge in [0.15, 0.2) is 0 Å². The number of nitrogens with two attached hydrogens (primary N) is 1. The first-order valence-corrected chi connectivity index (χ1v) is 4.87. The van der Waals surface area contributed by atoms with Crippen LogP contribution in [0.2, 0.25) is 0 Å². The van der Waals surface area contributed by atoms with Crippen LogP contribution in [0.3, 0.4) is 0 Å². The third kappa shape index (κ3) is 1.86. The molecule has 1 aromatic heterocycles. The fourth-order valence-electron chi connectivity index (χ4n) is 1.67. The van der Waals surface area contributed by atoms with Gasteiger partial charge in [0.2, 0.25) is 0 Å². The van der Waals surface area contributed by atoms with Gasteiger partial charge in [-0.1, -0.05) is 6.07 Å². The summed E-state index contributed by atoms with van der Waals surface area (Å²) >= 11 is 0. The fourth-order valence-corrected chi connectivity index (χ4v) is 1.67. The van der Waals surface area contributed by atoms with Gasteiger partial charge in [0.05, 0.1) is 6.10 Å². The number of β-amino-alcohol motifs (C(OH)–C–C–N with tert-alkyl or cyclic N) is 1. The van der Waals surface area contributed by atoms with Crippen molar-refractivity contribution in [1.82, 2.24) is 4.98 Å². The normalized spacial score (nSPS) is 21.6. The monoisotopic (exact) mass is 193 g/mol. The Labute approximate surface area is 83.4 Å². The van der Waals surface area contributed by atoms with Crippen LogP contribution in [-0.4, -0.2) is 29.3 Å². The summed E-state index contributed by atoms with van der Waals surface area (Å²) in [5.74, 6) is 0.929. The molecule has 0 spiro atoms. The van der Waals surface area contributed by atoms with E-state index >= 15 is 0 Å². The molecule has 1 atom stereocenters. The largest absolute Gasteiger partial charge is 0.391 e. The van der Waals surface area contributed by atoms with Crippen LogP contribution < -0.4 is 10.6 Å². The average molecular weight is 193 g/mol. The van der Waals surface area contributed by atoms with Gasteiger partial charge in [-0.2, -0.15) is 0 Å². The van der Waals surface area contributed by atoms with Crippen molar-refractivity contribution < 1.29 is 5.11 Å². The zero-order valence-corrected chi connectivity index (χ0v) is 8.06. The summed E-state index contributed by atoms with van der Waals surface area (Å²) in [6.07, 6.45) is 2.42. The highest BCUT2D eigenvalue weighted by molar-refractivity contribution is 5.40. The zero-order chi connectivity index (χ0) is 9.97. The third-order valence-corrected chi connectivity index (χ3v) is 2.53. The Morgan fingerprint density at radius 3 is 2.93 bits per heavy atom. The minimum absolute atomic E-state index is 0.203. The van der Waals surface area contributed by atoms with Crippen LogP contribution in [0.5, 0.6) is 0 Å². The molecular formula is C10H15N3O. The fraction of sp³-hybridized carbons (Fsp3) is 0.500. The first-order valence-electron chi connectivity index (χ1n) is 4.87. The molecule has 4 nitrogen and oxygen atoms in total. The molecule has 0 aliphatic carbocycles. The molecule has 0 amide bonds. The van der Waals surface area contributed by atoms with Crippen LogP contribution >= 0.6 is 0 Å². The molecule has 14 heavy (non-hydrogen) atoms. The standard InChI is InChI=1S/C10H15N3O/c11-5-8-1-2-10(12-6-8)13-4-3-9(14)7-13/h1-2,6,9,14H,3-5,7,11H2/t9-/m0/s1. The SMILES string of the molecule is NCc1ccc(N2CC[C@H](O)C2)nc1. The number of anilines is 1. The molecule has 3 N–H and O–H groups in total. The van der Waals surface area contributed by atoms with Gasteiger partial charge in [-0.05, 0) is 18.1 Å². The molecule has 1 aliphatic rings. The van der Waals surface area contributed by atoms with Gasteiger partial charge in [0, 0.05) is 25.8 Å². The third-order valence-electron chi connectivity index (χ3n) is 2.53. The Hall–Kier alpha value is -1.13. The van der Waals surface area contributed by atoms with Crippen molar-refractivity contribution in [2.45, 2.75) is 19.1 Å². The number of nitrogens with zero attached hydrogens (tertiary/aromatic N) is 2. The van der Waals surface area contributed by atoms with E-state index in [4.69, 9.17) is 5.73 Å². The van der Waals surface area contributed by atoms with Gasteiger partial charge in [-0.25, -0.2) is 4.98 Å². The summed E-state index contributed by atoms with van der Waals surface area (Å²) in [6.45, 7) is 2.10. The van der Waals surface area contributed by atoms with E-state index in [-0.39, 0.29) is 6.10 Å². The van der Waals surface area contributed by atoms with E-state index in [1.807, 2.05) is 12.1 Å². The molecule has 1 aliphatic heterocycles. The molecule has 1 fully saturated rings. The molecule has 2 rings (SSSR count). The van der Waals surface area contributed by atoms with Crippen molar-refractivity contribution in [3.63, 3.8) is 0 Å². The highest BCUT2D eigenvalue weighted by atomic mass is 16.3. The van der Waals surface area contributed by atoms with E-state index < -0.39 is 0 Å². The van der Waals surface area contributed by atoms with Crippen LogP contribution in [0.1, 0.15) is 12.0 Å². The highest BCUT2D eigenvalue weighted by Crippen LogP contribution is 2.17. The van der Waals surface area contributed by atoms with E-state index in [1.54, 1.807) is 6.20 Å². The van der Waals surface area contributed by atoms with E-state index in [2.05, 4.69) is 9.88 Å². The lowest BCUT2D eigenvalue weighted by Gasteiger charge is -2.16. The first kappa shape index (κ1) is 9.43. The van der Waals surface area contributed by atoms with Gasteiger partial charge < -0.3 is 15.7 Å². The Bertz CT molecular complexity index is 299. The second-order valence-electron chi connectivity index (χ2n) is 3.62. The van der Waals surface area contributed by atoms with Crippen LogP contribution in [0.4, 0.5) is 5.82 Å². The van der Waals surface area contributed by atoms with Crippen LogP contribution in [-0.2, 0) is 6.54 Å². The van der Waals surface area contributed by atoms with Crippen molar-refractivity contribution in [1.29, 1.82) is 0 Å². The second kappa shape index (κ2) is 3.94. The Balaban J connectivity index is 2.09. The molecule has 1 saturated heterocycles. The van der Waals surface area contributed by atoms with Gasteiger partial charge in [0.25, 0.3) is 0 Å². The average Bonchev–Trinajstić information content (AvgIpc) is 2.65. The van der Waals surface area contributed by atoms with Crippen molar-refractivity contribution >= 4 is 5.82 Å². The number of aromatic nitrogens is 1. The van der Waals surface area contributed by atoms with E-state index in [0.717, 1.165) is 24.3 Å². The smallest absolute Gasteiger partial charge is 0.128 e. The molecule has 0 saturated carbocycles. The maximum absolute atomic E-state index is 9.37. The quantitative estimate of drug-likeness (QED) is 0.700. The molecular weight excluding hydrogens is 178 g/mol.